The van der Waals surface area contributed by atoms with Crippen LogP contribution in [0.4, 0.5) is 10.1 Å². The summed E-state index contributed by atoms with van der Waals surface area (Å²) in [5, 5.41) is 10.7. The first-order chi connectivity index (χ1) is 15.2. The van der Waals surface area contributed by atoms with Crippen LogP contribution in [0.3, 0.4) is 0 Å². The molecule has 3 unspecified atom stereocenters. The molecule has 1 aliphatic heterocycles. The predicted molar refractivity (Wildman–Crippen MR) is 117 cm³/mol. The van der Waals surface area contributed by atoms with Gasteiger partial charge in [0.1, 0.15) is 17.4 Å². The molecule has 0 aromatic heterocycles. The number of primary amides is 1. The van der Waals surface area contributed by atoms with Crippen molar-refractivity contribution in [3.63, 3.8) is 0 Å². The maximum Gasteiger partial charge on any atom is 0.252 e. The van der Waals surface area contributed by atoms with E-state index in [9.17, 15) is 23.6 Å². The average Bonchev–Trinajstić information content (AvgIpc) is 2.75. The van der Waals surface area contributed by atoms with E-state index in [0.29, 0.717) is 11.3 Å². The van der Waals surface area contributed by atoms with Crippen LogP contribution in [0.2, 0.25) is 0 Å². The predicted octanol–water partition coefficient (Wildman–Crippen LogP) is -0.317. The Morgan fingerprint density at radius 1 is 1.03 bits per heavy atom. The highest BCUT2D eigenvalue weighted by Gasteiger charge is 2.35. The molecule has 1 saturated heterocycles. The zero-order valence-corrected chi connectivity index (χ0v) is 17.4. The fourth-order valence-corrected chi connectivity index (χ4v) is 3.68. The fourth-order valence-electron chi connectivity index (χ4n) is 2.84. The number of benzene rings is 2. The maximum atomic E-state index is 13.0. The Labute approximate surface area is 186 Å². The van der Waals surface area contributed by atoms with Gasteiger partial charge in [-0.05, 0) is 48.5 Å². The first-order valence-electron chi connectivity index (χ1n) is 9.42. The highest BCUT2D eigenvalue weighted by atomic mass is 32.2. The van der Waals surface area contributed by atoms with Crippen LogP contribution in [-0.2, 0) is 9.59 Å². The number of carbonyl (C=O) groups excluding carboxylic acids is 4. The second-order valence-corrected chi connectivity index (χ2v) is 7.93. The van der Waals surface area contributed by atoms with Gasteiger partial charge in [-0.3, -0.25) is 24.5 Å². The number of nitrogens with two attached hydrogens (primary N) is 2. The SMILES string of the molecule is NC(=O)c1ccc(NC(=O)CSC2NC(=O)C(NC(=O)c3ccc(F)cc3)C(N)N2)cc1. The number of rotatable bonds is 7. The summed E-state index contributed by atoms with van der Waals surface area (Å²) in [6.07, 6.45) is -0.907. The Hall–Kier alpha value is -3.48. The molecule has 1 aliphatic rings. The molecule has 10 nitrogen and oxygen atoms in total. The highest BCUT2D eigenvalue weighted by Crippen LogP contribution is 2.14. The summed E-state index contributed by atoms with van der Waals surface area (Å²) in [7, 11) is 0. The lowest BCUT2D eigenvalue weighted by Crippen LogP contribution is -2.70. The van der Waals surface area contributed by atoms with Gasteiger partial charge in [-0.1, -0.05) is 0 Å². The van der Waals surface area contributed by atoms with Gasteiger partial charge in [0.25, 0.3) is 5.91 Å². The van der Waals surface area contributed by atoms with E-state index >= 15 is 0 Å². The molecule has 168 valence electrons. The topological polar surface area (TPSA) is 168 Å². The van der Waals surface area contributed by atoms with E-state index < -0.39 is 41.2 Å². The molecule has 0 spiro atoms. The van der Waals surface area contributed by atoms with Gasteiger partial charge >= 0.3 is 0 Å². The number of anilines is 1. The number of carbonyl (C=O) groups is 4. The van der Waals surface area contributed by atoms with Crippen LogP contribution in [0.5, 0.6) is 0 Å². The Bertz CT molecular complexity index is 1020. The van der Waals surface area contributed by atoms with E-state index in [1.54, 1.807) is 12.1 Å². The van der Waals surface area contributed by atoms with Crippen molar-refractivity contribution < 1.29 is 23.6 Å². The van der Waals surface area contributed by atoms with E-state index in [1.165, 1.54) is 24.3 Å². The van der Waals surface area contributed by atoms with Crippen molar-refractivity contribution in [2.24, 2.45) is 11.5 Å². The van der Waals surface area contributed by atoms with Crippen molar-refractivity contribution in [1.29, 1.82) is 0 Å². The summed E-state index contributed by atoms with van der Waals surface area (Å²) in [5.74, 6) is -2.49. The summed E-state index contributed by atoms with van der Waals surface area (Å²) in [6, 6.07) is 9.89. The van der Waals surface area contributed by atoms with Gasteiger partial charge in [-0.25, -0.2) is 4.39 Å². The zero-order chi connectivity index (χ0) is 23.3. The van der Waals surface area contributed by atoms with Crippen molar-refractivity contribution in [1.82, 2.24) is 16.0 Å². The van der Waals surface area contributed by atoms with Crippen LogP contribution in [0.25, 0.3) is 0 Å². The third kappa shape index (κ3) is 6.03. The summed E-state index contributed by atoms with van der Waals surface area (Å²) in [5.41, 5.74) is 11.5. The zero-order valence-electron chi connectivity index (χ0n) is 16.6. The van der Waals surface area contributed by atoms with Crippen molar-refractivity contribution in [3.8, 4) is 0 Å². The smallest absolute Gasteiger partial charge is 0.252 e. The molecule has 0 radical (unpaired) electrons. The maximum absolute atomic E-state index is 13.0. The molecule has 0 aliphatic carbocycles. The molecule has 0 bridgehead atoms. The minimum atomic E-state index is -1.05. The Morgan fingerprint density at radius 2 is 1.66 bits per heavy atom. The van der Waals surface area contributed by atoms with E-state index in [1.807, 2.05) is 0 Å². The second-order valence-electron chi connectivity index (χ2n) is 6.84. The van der Waals surface area contributed by atoms with Gasteiger partial charge in [-0.15, -0.1) is 11.8 Å². The van der Waals surface area contributed by atoms with Gasteiger partial charge < -0.3 is 27.4 Å². The summed E-state index contributed by atoms with van der Waals surface area (Å²) < 4.78 is 13.0. The number of amides is 4. The molecule has 2 aromatic carbocycles. The Balaban J connectivity index is 1.47. The van der Waals surface area contributed by atoms with Crippen molar-refractivity contribution in [2.75, 3.05) is 11.1 Å². The summed E-state index contributed by atoms with van der Waals surface area (Å²) in [4.78, 5) is 47.9. The van der Waals surface area contributed by atoms with Crippen molar-refractivity contribution in [3.05, 3.63) is 65.5 Å². The van der Waals surface area contributed by atoms with E-state index in [4.69, 9.17) is 11.5 Å². The second kappa shape index (κ2) is 10.2. The van der Waals surface area contributed by atoms with Gasteiger partial charge in [0.15, 0.2) is 0 Å². The average molecular weight is 460 g/mol. The number of halogens is 1. The van der Waals surface area contributed by atoms with E-state index in [0.717, 1.165) is 23.9 Å². The summed E-state index contributed by atoms with van der Waals surface area (Å²) >= 11 is 1.10. The monoisotopic (exact) mass is 460 g/mol. The molecule has 12 heteroatoms. The standard InChI is InChI=1S/C20H21FN6O4S/c21-12-5-1-11(2-6-12)18(30)25-15-16(22)26-20(27-19(15)31)32-9-14(28)24-13-7-3-10(4-8-13)17(23)29/h1-8,15-16,20,26H,9,22H2,(H2,23,29)(H,24,28)(H,25,30)(H,27,31). The lowest BCUT2D eigenvalue weighted by molar-refractivity contribution is -0.125. The normalized spacial score (nSPS) is 20.2. The lowest BCUT2D eigenvalue weighted by Gasteiger charge is -2.35. The third-order valence-corrected chi connectivity index (χ3v) is 5.50. The van der Waals surface area contributed by atoms with Crippen LogP contribution < -0.4 is 32.7 Å². The molecule has 3 rings (SSSR count). The van der Waals surface area contributed by atoms with Crippen molar-refractivity contribution >= 4 is 41.1 Å². The van der Waals surface area contributed by atoms with Crippen LogP contribution >= 0.6 is 11.8 Å². The minimum absolute atomic E-state index is 0.00512. The first kappa shape index (κ1) is 23.2. The molecule has 3 atom stereocenters. The highest BCUT2D eigenvalue weighted by molar-refractivity contribution is 8.00. The molecule has 2 aromatic rings. The van der Waals surface area contributed by atoms with Crippen molar-refractivity contribution in [2.45, 2.75) is 17.7 Å². The molecular weight excluding hydrogens is 439 g/mol. The first-order valence-corrected chi connectivity index (χ1v) is 10.5. The summed E-state index contributed by atoms with van der Waals surface area (Å²) in [6.45, 7) is 0. The number of nitrogens with one attached hydrogen (secondary N) is 4. The van der Waals surface area contributed by atoms with Crippen LogP contribution in [0.1, 0.15) is 20.7 Å². The fraction of sp³-hybridized carbons (Fsp3) is 0.200. The van der Waals surface area contributed by atoms with E-state index in [2.05, 4.69) is 21.3 Å². The number of thioether (sulfide) groups is 1. The lowest BCUT2D eigenvalue weighted by atomic mass is 10.1. The third-order valence-electron chi connectivity index (χ3n) is 4.49. The molecular formula is C20H21FN6O4S. The molecule has 32 heavy (non-hydrogen) atoms. The van der Waals surface area contributed by atoms with Gasteiger partial charge in [-0.2, -0.15) is 0 Å². The van der Waals surface area contributed by atoms with Gasteiger partial charge in [0, 0.05) is 16.8 Å². The van der Waals surface area contributed by atoms with Crippen LogP contribution in [0.15, 0.2) is 48.5 Å². The molecule has 4 amide bonds. The van der Waals surface area contributed by atoms with Crippen LogP contribution in [-0.4, -0.2) is 47.1 Å². The Kier molecular flexibility index (Phi) is 7.41. The van der Waals surface area contributed by atoms with Crippen LogP contribution in [0, 0.1) is 5.82 Å². The molecule has 0 saturated carbocycles. The number of hydrogen-bond acceptors (Lipinski definition) is 7. The van der Waals surface area contributed by atoms with E-state index in [-0.39, 0.29) is 17.2 Å². The molecule has 1 heterocycles. The Morgan fingerprint density at radius 3 is 2.25 bits per heavy atom. The van der Waals surface area contributed by atoms with Gasteiger partial charge in [0.2, 0.25) is 17.7 Å². The number of hydrogen-bond donors (Lipinski definition) is 6. The molecule has 1 fully saturated rings. The minimum Gasteiger partial charge on any atom is -0.366 e. The largest absolute Gasteiger partial charge is 0.366 e. The van der Waals surface area contributed by atoms with Gasteiger partial charge in [0.05, 0.1) is 11.9 Å². The quantitative estimate of drug-likeness (QED) is 0.329. The molecule has 8 N–H and O–H groups in total.